The van der Waals surface area contributed by atoms with Gasteiger partial charge in [-0.25, -0.2) is 4.98 Å². The zero-order valence-corrected chi connectivity index (χ0v) is 13.1. The van der Waals surface area contributed by atoms with Gasteiger partial charge in [0, 0.05) is 18.8 Å². The van der Waals surface area contributed by atoms with Crippen LogP contribution in [0.15, 0.2) is 35.7 Å². The highest BCUT2D eigenvalue weighted by Gasteiger charge is 2.18. The van der Waals surface area contributed by atoms with Gasteiger partial charge in [0.15, 0.2) is 0 Å². The van der Waals surface area contributed by atoms with Gasteiger partial charge in [0.25, 0.3) is 5.91 Å². The third-order valence-corrected chi connectivity index (χ3v) is 4.82. The van der Waals surface area contributed by atoms with Crippen molar-refractivity contribution in [2.75, 3.05) is 18.9 Å². The van der Waals surface area contributed by atoms with Crippen molar-refractivity contribution in [3.8, 4) is 0 Å². The maximum Gasteiger partial charge on any atom is 0.265 e. The zero-order valence-electron chi connectivity index (χ0n) is 12.2. The van der Waals surface area contributed by atoms with E-state index < -0.39 is 0 Å². The van der Waals surface area contributed by atoms with E-state index in [-0.39, 0.29) is 5.91 Å². The van der Waals surface area contributed by atoms with Crippen LogP contribution in [-0.4, -0.2) is 34.0 Å². The summed E-state index contributed by atoms with van der Waals surface area (Å²) in [6, 6.07) is 9.64. The minimum atomic E-state index is -0.0712. The molecule has 0 aliphatic carbocycles. The lowest BCUT2D eigenvalue weighted by molar-refractivity contribution is 0.103. The van der Waals surface area contributed by atoms with E-state index >= 15 is 0 Å². The van der Waals surface area contributed by atoms with Gasteiger partial charge < -0.3 is 9.88 Å². The number of imidazole rings is 1. The number of carbonyl (C=O) groups excluding carboxylic acids is 1. The molecular weight excluding hydrogens is 296 g/mol. The summed E-state index contributed by atoms with van der Waals surface area (Å²) in [4.78, 5) is 19.8. The minimum Gasteiger partial charge on any atom is -0.326 e. The molecule has 0 saturated carbocycles. The van der Waals surface area contributed by atoms with Crippen LogP contribution in [0.25, 0.3) is 11.0 Å². The molecule has 5 nitrogen and oxygen atoms in total. The van der Waals surface area contributed by atoms with E-state index in [0.29, 0.717) is 4.88 Å². The van der Waals surface area contributed by atoms with E-state index in [2.05, 4.69) is 21.8 Å². The first kappa shape index (κ1) is 13.5. The first-order chi connectivity index (χ1) is 10.7. The molecule has 4 rings (SSSR count). The fourth-order valence-electron chi connectivity index (χ4n) is 2.82. The van der Waals surface area contributed by atoms with Gasteiger partial charge in [-0.2, -0.15) is 0 Å². The first-order valence-corrected chi connectivity index (χ1v) is 8.11. The average molecular weight is 312 g/mol. The number of rotatable bonds is 2. The molecule has 0 bridgehead atoms. The van der Waals surface area contributed by atoms with Gasteiger partial charge in [-0.15, -0.1) is 11.3 Å². The van der Waals surface area contributed by atoms with Crippen molar-refractivity contribution < 1.29 is 4.79 Å². The first-order valence-electron chi connectivity index (χ1n) is 7.23. The normalized spacial score (nSPS) is 15.0. The Morgan fingerprint density at radius 3 is 3.05 bits per heavy atom. The SMILES string of the molecule is CN1CCn2c(nc3cc(NC(=O)c4cccs4)ccc32)C1. The van der Waals surface area contributed by atoms with Crippen LogP contribution in [0.3, 0.4) is 0 Å². The second kappa shape index (κ2) is 5.23. The molecule has 0 atom stereocenters. The topological polar surface area (TPSA) is 50.2 Å². The number of nitrogens with one attached hydrogen (secondary N) is 1. The summed E-state index contributed by atoms with van der Waals surface area (Å²) in [7, 11) is 2.11. The van der Waals surface area contributed by atoms with Crippen LogP contribution in [-0.2, 0) is 13.1 Å². The van der Waals surface area contributed by atoms with Crippen LogP contribution >= 0.6 is 11.3 Å². The minimum absolute atomic E-state index is 0.0712. The summed E-state index contributed by atoms with van der Waals surface area (Å²) in [6.07, 6.45) is 0. The Kier molecular flexibility index (Phi) is 3.20. The number of amides is 1. The highest BCUT2D eigenvalue weighted by molar-refractivity contribution is 7.12. The Hall–Kier alpha value is -2.18. The van der Waals surface area contributed by atoms with Crippen LogP contribution in [0.4, 0.5) is 5.69 Å². The molecule has 0 saturated heterocycles. The number of hydrogen-bond acceptors (Lipinski definition) is 4. The molecule has 0 fully saturated rings. The number of thiophene rings is 1. The fraction of sp³-hybridized carbons (Fsp3) is 0.250. The second-order valence-corrected chi connectivity index (χ2v) is 6.50. The van der Waals surface area contributed by atoms with Crippen molar-refractivity contribution >= 4 is 34.0 Å². The van der Waals surface area contributed by atoms with Gasteiger partial charge in [-0.1, -0.05) is 6.07 Å². The monoisotopic (exact) mass is 312 g/mol. The maximum atomic E-state index is 12.1. The lowest BCUT2D eigenvalue weighted by Gasteiger charge is -2.23. The average Bonchev–Trinajstić information content (AvgIpc) is 3.13. The summed E-state index contributed by atoms with van der Waals surface area (Å²) < 4.78 is 2.26. The molecule has 0 radical (unpaired) electrons. The predicted octanol–water partition coefficient (Wildman–Crippen LogP) is 2.80. The van der Waals surface area contributed by atoms with Gasteiger partial charge in [-0.05, 0) is 36.7 Å². The summed E-state index contributed by atoms with van der Waals surface area (Å²) in [5, 5.41) is 4.84. The van der Waals surface area contributed by atoms with Crippen LogP contribution in [0.5, 0.6) is 0 Å². The molecule has 22 heavy (non-hydrogen) atoms. The van der Waals surface area contributed by atoms with Gasteiger partial charge in [0.2, 0.25) is 0 Å². The number of likely N-dealkylation sites (N-methyl/N-ethyl adjacent to an activating group) is 1. The van der Waals surface area contributed by atoms with Crippen LogP contribution in [0.2, 0.25) is 0 Å². The van der Waals surface area contributed by atoms with Crippen molar-refractivity contribution in [2.45, 2.75) is 13.1 Å². The molecule has 1 amide bonds. The number of aromatic nitrogens is 2. The number of nitrogens with zero attached hydrogens (tertiary/aromatic N) is 3. The Morgan fingerprint density at radius 1 is 1.32 bits per heavy atom. The van der Waals surface area contributed by atoms with E-state index in [4.69, 9.17) is 4.98 Å². The molecule has 3 heterocycles. The van der Waals surface area contributed by atoms with Crippen LogP contribution < -0.4 is 5.32 Å². The summed E-state index contributed by atoms with van der Waals surface area (Å²) >= 11 is 1.44. The third kappa shape index (κ3) is 2.30. The molecule has 0 spiro atoms. The summed E-state index contributed by atoms with van der Waals surface area (Å²) in [6.45, 7) is 2.87. The number of fused-ring (bicyclic) bond motifs is 3. The smallest absolute Gasteiger partial charge is 0.265 e. The molecule has 1 aliphatic rings. The highest BCUT2D eigenvalue weighted by atomic mass is 32.1. The largest absolute Gasteiger partial charge is 0.326 e. The molecule has 1 N–H and O–H groups in total. The Morgan fingerprint density at radius 2 is 2.23 bits per heavy atom. The van der Waals surface area contributed by atoms with Crippen molar-refractivity contribution in [3.05, 3.63) is 46.4 Å². The number of hydrogen-bond donors (Lipinski definition) is 1. The molecular formula is C16H16N4OS. The lowest BCUT2D eigenvalue weighted by Crippen LogP contribution is -2.30. The Bertz CT molecular complexity index is 837. The molecule has 3 aromatic rings. The van der Waals surface area contributed by atoms with E-state index in [1.807, 2.05) is 35.7 Å². The maximum absolute atomic E-state index is 12.1. The summed E-state index contributed by atoms with van der Waals surface area (Å²) in [5.74, 6) is 1.02. The summed E-state index contributed by atoms with van der Waals surface area (Å²) in [5.41, 5.74) is 2.86. The van der Waals surface area contributed by atoms with Gasteiger partial charge >= 0.3 is 0 Å². The van der Waals surface area contributed by atoms with Crippen molar-refractivity contribution in [1.82, 2.24) is 14.5 Å². The fourth-order valence-corrected chi connectivity index (χ4v) is 3.44. The number of anilines is 1. The van der Waals surface area contributed by atoms with Crippen LogP contribution in [0.1, 0.15) is 15.5 Å². The Labute approximate surface area is 132 Å². The number of benzene rings is 1. The zero-order chi connectivity index (χ0) is 15.1. The van der Waals surface area contributed by atoms with E-state index in [9.17, 15) is 4.79 Å². The second-order valence-electron chi connectivity index (χ2n) is 5.55. The van der Waals surface area contributed by atoms with E-state index in [1.165, 1.54) is 11.3 Å². The predicted molar refractivity (Wildman–Crippen MR) is 88.3 cm³/mol. The highest BCUT2D eigenvalue weighted by Crippen LogP contribution is 2.24. The molecule has 0 unspecified atom stereocenters. The Balaban J connectivity index is 1.65. The molecule has 6 heteroatoms. The van der Waals surface area contributed by atoms with Crippen molar-refractivity contribution in [3.63, 3.8) is 0 Å². The van der Waals surface area contributed by atoms with Crippen molar-refractivity contribution in [1.29, 1.82) is 0 Å². The lowest BCUT2D eigenvalue weighted by atomic mass is 10.2. The van der Waals surface area contributed by atoms with E-state index in [1.54, 1.807) is 0 Å². The third-order valence-electron chi connectivity index (χ3n) is 3.95. The standard InChI is InChI=1S/C16H16N4OS/c1-19-6-7-20-13-5-4-11(9-12(13)18-15(20)10-19)17-16(21)14-3-2-8-22-14/h2-5,8-9H,6-7,10H2,1H3,(H,17,21). The van der Waals surface area contributed by atoms with Crippen molar-refractivity contribution in [2.24, 2.45) is 0 Å². The van der Waals surface area contributed by atoms with Gasteiger partial charge in [0.1, 0.15) is 5.82 Å². The molecule has 2 aromatic heterocycles. The van der Waals surface area contributed by atoms with Gasteiger partial charge in [0.05, 0.1) is 22.5 Å². The van der Waals surface area contributed by atoms with Crippen LogP contribution in [0, 0.1) is 0 Å². The number of carbonyl (C=O) groups is 1. The molecule has 112 valence electrons. The van der Waals surface area contributed by atoms with E-state index in [0.717, 1.165) is 42.2 Å². The quantitative estimate of drug-likeness (QED) is 0.791. The molecule has 1 aliphatic heterocycles. The van der Waals surface area contributed by atoms with Gasteiger partial charge in [-0.3, -0.25) is 9.69 Å². The molecule has 1 aromatic carbocycles.